The molecule has 19 nitrogen and oxygen atoms in total. The summed E-state index contributed by atoms with van der Waals surface area (Å²) in [5.41, 5.74) is 3.49. The summed E-state index contributed by atoms with van der Waals surface area (Å²) < 4.78 is 54.4. The molecule has 0 radical (unpaired) electrons. The number of hydrogen-bond donors (Lipinski definition) is 6. The maximum Gasteiger partial charge on any atom is 0.490 e. The second kappa shape index (κ2) is 8.78. The quantitative estimate of drug-likeness (QED) is 0.168. The Balaban J connectivity index is 1.59. The maximum atomic E-state index is 12.2. The third-order valence-corrected chi connectivity index (χ3v) is 9.03. The number of hydrogen-bond acceptors (Lipinski definition) is 13. The largest absolute Gasteiger partial charge is 0.490 e. The summed E-state index contributed by atoms with van der Waals surface area (Å²) >= 11 is 0. The van der Waals surface area contributed by atoms with Crippen LogP contribution in [-0.2, 0) is 41.4 Å². The van der Waals surface area contributed by atoms with Crippen LogP contribution in [0.3, 0.4) is 0 Å². The summed E-state index contributed by atoms with van der Waals surface area (Å²) in [5.74, 6) is -0.695. The molecule has 2 aromatic heterocycles. The van der Waals surface area contributed by atoms with Gasteiger partial charge in [-0.1, -0.05) is 13.8 Å². The molecule has 2 saturated heterocycles. The molecule has 0 aromatic carbocycles. The highest BCUT2D eigenvalue weighted by Gasteiger charge is 2.66. The van der Waals surface area contributed by atoms with Crippen molar-refractivity contribution < 1.29 is 60.9 Å². The first kappa shape index (κ1) is 26.5. The summed E-state index contributed by atoms with van der Waals surface area (Å²) in [7, 11) is -16.7. The van der Waals surface area contributed by atoms with E-state index in [0.29, 0.717) is 0 Å². The lowest BCUT2D eigenvalue weighted by Crippen LogP contribution is -2.57. The molecule has 35 heavy (non-hydrogen) atoms. The topological polar surface area (TPSA) is 277 Å². The molecule has 2 unspecified atom stereocenters. The standard InChI is InChI=1S/C13H20N5O14P3/c1-5(2)13(3-27-34(23,24)32-35(25,26)31-33(20,21)22)8-7(29-30-8)11(28-13)18-4-15-6-9(18)16-12(14)17-10(6)19/h4-5,7-8,11H,3H2,1-2H3,(H,23,24)(H,25,26)(H2,20,21,22)(H3,14,16,17,19)/t7-,8+,11-,13+/m1/s1. The van der Waals surface area contributed by atoms with Gasteiger partial charge in [-0.3, -0.25) is 18.9 Å². The van der Waals surface area contributed by atoms with Crippen molar-refractivity contribution >= 4 is 40.6 Å². The zero-order valence-electron chi connectivity index (χ0n) is 17.7. The zero-order chi connectivity index (χ0) is 26.0. The van der Waals surface area contributed by atoms with Gasteiger partial charge in [-0.15, -0.1) is 0 Å². The van der Waals surface area contributed by atoms with Gasteiger partial charge in [-0.05, 0) is 5.92 Å². The fraction of sp³-hybridized carbons (Fsp3) is 0.615. The highest BCUT2D eigenvalue weighted by atomic mass is 31.3. The van der Waals surface area contributed by atoms with E-state index in [0.717, 1.165) is 0 Å². The number of nitrogens with two attached hydrogens (primary N) is 1. The molecule has 4 rings (SSSR count). The second-order valence-electron chi connectivity index (χ2n) is 7.84. The Morgan fingerprint density at radius 3 is 2.46 bits per heavy atom. The lowest BCUT2D eigenvalue weighted by molar-refractivity contribution is -0.470. The first-order chi connectivity index (χ1) is 16.0. The third-order valence-electron chi connectivity index (χ3n) is 5.24. The number of H-pyrrole nitrogens is 1. The molecule has 2 aliphatic heterocycles. The zero-order valence-corrected chi connectivity index (χ0v) is 20.4. The lowest BCUT2D eigenvalue weighted by Gasteiger charge is -2.40. The molecule has 22 heteroatoms. The summed E-state index contributed by atoms with van der Waals surface area (Å²) in [6.45, 7) is 2.51. The van der Waals surface area contributed by atoms with Crippen molar-refractivity contribution in [3.05, 3.63) is 16.7 Å². The summed E-state index contributed by atoms with van der Waals surface area (Å²) in [4.78, 5) is 69.2. The van der Waals surface area contributed by atoms with Crippen LogP contribution in [0.25, 0.3) is 11.2 Å². The molecular formula is C13H20N5O14P3. The van der Waals surface area contributed by atoms with Gasteiger partial charge in [0.15, 0.2) is 29.6 Å². The van der Waals surface area contributed by atoms with E-state index in [1.165, 1.54) is 10.9 Å². The predicted octanol–water partition coefficient (Wildman–Crippen LogP) is -0.332. The van der Waals surface area contributed by atoms with E-state index in [1.54, 1.807) is 13.8 Å². The van der Waals surface area contributed by atoms with E-state index in [9.17, 15) is 28.3 Å². The average Bonchev–Trinajstić information content (AvgIpc) is 3.14. The number of rotatable bonds is 9. The number of nitrogens with one attached hydrogen (secondary N) is 1. The Hall–Kier alpha value is -1.56. The van der Waals surface area contributed by atoms with Crippen LogP contribution in [0, 0.1) is 5.92 Å². The minimum atomic E-state index is -5.71. The molecule has 0 bridgehead atoms. The van der Waals surface area contributed by atoms with Gasteiger partial charge >= 0.3 is 23.5 Å². The number of phosphoric ester groups is 1. The van der Waals surface area contributed by atoms with E-state index in [1.807, 2.05) is 0 Å². The molecule has 0 saturated carbocycles. The monoisotopic (exact) mass is 563 g/mol. The Morgan fingerprint density at radius 2 is 1.89 bits per heavy atom. The van der Waals surface area contributed by atoms with Gasteiger partial charge in [0.25, 0.3) is 5.56 Å². The van der Waals surface area contributed by atoms with Crippen molar-refractivity contribution in [2.75, 3.05) is 12.3 Å². The van der Waals surface area contributed by atoms with E-state index in [2.05, 4.69) is 23.6 Å². The number of imidazole rings is 1. The maximum absolute atomic E-state index is 12.2. The Bertz CT molecular complexity index is 1340. The average molecular weight is 563 g/mol. The summed E-state index contributed by atoms with van der Waals surface area (Å²) in [5, 5.41) is 0. The summed E-state index contributed by atoms with van der Waals surface area (Å²) in [6, 6.07) is 0. The first-order valence-corrected chi connectivity index (χ1v) is 14.1. The van der Waals surface area contributed by atoms with Gasteiger partial charge in [0.05, 0.1) is 12.9 Å². The van der Waals surface area contributed by atoms with E-state index < -0.39 is 65.6 Å². The van der Waals surface area contributed by atoms with Gasteiger partial charge in [-0.25, -0.2) is 28.5 Å². The number of ether oxygens (including phenoxy) is 1. The SMILES string of the molecule is CC(C)[C@]1(COP(=O)(O)OP(=O)(O)OP(=O)(O)O)O[C@@H](n2cnc3c(=O)[nH]c(N)nc32)[C@@H]2OO[C@@H]21. The first-order valence-electron chi connectivity index (χ1n) is 9.54. The minimum Gasteiger partial charge on any atom is -0.369 e. The van der Waals surface area contributed by atoms with Crippen LogP contribution in [0.4, 0.5) is 5.95 Å². The van der Waals surface area contributed by atoms with Crippen molar-refractivity contribution in [1.29, 1.82) is 0 Å². The van der Waals surface area contributed by atoms with Crippen molar-refractivity contribution in [3.8, 4) is 0 Å². The number of anilines is 1. The third kappa shape index (κ3) is 5.14. The molecular weight excluding hydrogens is 543 g/mol. The highest BCUT2D eigenvalue weighted by Crippen LogP contribution is 2.66. The number of nitrogens with zero attached hydrogens (tertiary/aromatic N) is 3. The van der Waals surface area contributed by atoms with Crippen LogP contribution in [-0.4, -0.2) is 63.5 Å². The second-order valence-corrected chi connectivity index (χ2v) is 12.3. The van der Waals surface area contributed by atoms with Crippen molar-refractivity contribution in [2.24, 2.45) is 5.92 Å². The number of phosphoric acid groups is 3. The van der Waals surface area contributed by atoms with Crippen molar-refractivity contribution in [1.82, 2.24) is 19.5 Å². The molecule has 196 valence electrons. The molecule has 2 aliphatic rings. The van der Waals surface area contributed by atoms with Gasteiger partial charge in [0.2, 0.25) is 5.95 Å². The van der Waals surface area contributed by atoms with E-state index in [4.69, 9.17) is 34.6 Å². The predicted molar refractivity (Wildman–Crippen MR) is 110 cm³/mol. The summed E-state index contributed by atoms with van der Waals surface area (Å²) in [6.07, 6.45) is -1.52. The number of aromatic nitrogens is 4. The fourth-order valence-electron chi connectivity index (χ4n) is 3.67. The van der Waals surface area contributed by atoms with E-state index >= 15 is 0 Å². The Morgan fingerprint density at radius 1 is 1.20 bits per heavy atom. The van der Waals surface area contributed by atoms with Crippen LogP contribution in [0.1, 0.15) is 20.1 Å². The smallest absolute Gasteiger partial charge is 0.369 e. The number of fused-ring (bicyclic) bond motifs is 2. The highest BCUT2D eigenvalue weighted by molar-refractivity contribution is 7.66. The minimum absolute atomic E-state index is 0.0464. The van der Waals surface area contributed by atoms with Crippen LogP contribution < -0.4 is 11.3 Å². The fourth-order valence-corrected chi connectivity index (χ4v) is 6.73. The van der Waals surface area contributed by atoms with Crippen molar-refractivity contribution in [2.45, 2.75) is 37.9 Å². The Labute approximate surface area is 194 Å². The molecule has 0 spiro atoms. The molecule has 7 N–H and O–H groups in total. The molecule has 2 aromatic rings. The van der Waals surface area contributed by atoms with Crippen LogP contribution in [0.15, 0.2) is 11.1 Å². The van der Waals surface area contributed by atoms with Crippen LogP contribution in [0.2, 0.25) is 0 Å². The van der Waals surface area contributed by atoms with Gasteiger partial charge < -0.3 is 30.0 Å². The molecule has 0 amide bonds. The van der Waals surface area contributed by atoms with Crippen LogP contribution >= 0.6 is 23.5 Å². The Kier molecular flexibility index (Phi) is 6.65. The normalized spacial score (nSPS) is 30.1. The molecule has 2 fully saturated rings. The number of nitrogen functional groups attached to an aromatic ring is 1. The molecule has 4 heterocycles. The molecule has 6 atom stereocenters. The number of aromatic amines is 1. The van der Waals surface area contributed by atoms with Gasteiger partial charge in [-0.2, -0.15) is 13.6 Å². The van der Waals surface area contributed by atoms with E-state index in [-0.39, 0.29) is 17.1 Å². The van der Waals surface area contributed by atoms with Crippen molar-refractivity contribution in [3.63, 3.8) is 0 Å². The van der Waals surface area contributed by atoms with Gasteiger partial charge in [0.1, 0.15) is 5.60 Å². The van der Waals surface area contributed by atoms with Gasteiger partial charge in [0, 0.05) is 0 Å². The lowest BCUT2D eigenvalue weighted by atomic mass is 9.84. The van der Waals surface area contributed by atoms with Crippen LogP contribution in [0.5, 0.6) is 0 Å². The molecule has 0 aliphatic carbocycles.